The number of thioether (sulfide) groups is 1. The third-order valence-electron chi connectivity index (χ3n) is 8.11. The second-order valence-corrected chi connectivity index (χ2v) is 11.6. The molecule has 1 aromatic heterocycles. The summed E-state index contributed by atoms with van der Waals surface area (Å²) in [7, 11) is 0. The van der Waals surface area contributed by atoms with Gasteiger partial charge in [-0.2, -0.15) is 0 Å². The Hall–Kier alpha value is -2.60. The number of nitrogens with zero attached hydrogens (tertiary/aromatic N) is 3. The van der Waals surface area contributed by atoms with Crippen LogP contribution in [0.4, 0.5) is 0 Å². The van der Waals surface area contributed by atoms with Crippen LogP contribution in [-0.4, -0.2) is 32.0 Å². The number of carbonyl (C=O) groups is 1. The van der Waals surface area contributed by atoms with Crippen molar-refractivity contribution >= 4 is 28.4 Å². The largest absolute Gasteiger partial charge is 0.350 e. The van der Waals surface area contributed by atoms with Crippen LogP contribution < -0.4 is 5.32 Å². The van der Waals surface area contributed by atoms with Gasteiger partial charge in [-0.05, 0) is 72.6 Å². The first kappa shape index (κ1) is 21.9. The summed E-state index contributed by atoms with van der Waals surface area (Å²) < 4.78 is 2.09. The van der Waals surface area contributed by atoms with E-state index in [1.54, 1.807) is 0 Å². The van der Waals surface area contributed by atoms with Crippen molar-refractivity contribution in [3.05, 3.63) is 66.5 Å². The second kappa shape index (κ2) is 8.88. The van der Waals surface area contributed by atoms with Gasteiger partial charge in [0.1, 0.15) is 5.82 Å². The zero-order valence-electron chi connectivity index (χ0n) is 19.6. The zero-order chi connectivity index (χ0) is 23.1. The molecule has 1 N–H and O–H groups in total. The number of rotatable bonds is 8. The maximum Gasteiger partial charge on any atom is 0.230 e. The van der Waals surface area contributed by atoms with Gasteiger partial charge >= 0.3 is 0 Å². The second-order valence-electron chi connectivity index (χ2n) is 10.6. The fourth-order valence-corrected chi connectivity index (χ4v) is 7.98. The van der Waals surface area contributed by atoms with Crippen LogP contribution in [0.15, 0.2) is 60.3 Å². The van der Waals surface area contributed by atoms with Crippen LogP contribution in [0, 0.1) is 17.8 Å². The van der Waals surface area contributed by atoms with Gasteiger partial charge in [-0.15, -0.1) is 16.8 Å². The molecule has 1 heterocycles. The monoisotopic (exact) mass is 472 g/mol. The van der Waals surface area contributed by atoms with Crippen molar-refractivity contribution in [3.63, 3.8) is 0 Å². The van der Waals surface area contributed by atoms with Crippen molar-refractivity contribution in [3.8, 4) is 0 Å². The van der Waals surface area contributed by atoms with Crippen LogP contribution >= 0.6 is 11.8 Å². The first-order chi connectivity index (χ1) is 16.6. The molecule has 7 rings (SSSR count). The summed E-state index contributed by atoms with van der Waals surface area (Å²) in [5.41, 5.74) is 1.28. The smallest absolute Gasteiger partial charge is 0.230 e. The SMILES string of the molecule is C=CCn1c(Cc2cccc3ccccc23)nnc1SCC(=O)NC12CC3CC(CC(C3)C1)C2. The maximum atomic E-state index is 13.0. The van der Waals surface area contributed by atoms with Gasteiger partial charge in [-0.25, -0.2) is 0 Å². The van der Waals surface area contributed by atoms with E-state index in [1.165, 1.54) is 66.6 Å². The lowest BCUT2D eigenvalue weighted by atomic mass is 9.53. The topological polar surface area (TPSA) is 59.8 Å². The van der Waals surface area contributed by atoms with Gasteiger partial charge in [-0.3, -0.25) is 4.79 Å². The molecule has 0 saturated heterocycles. The highest BCUT2D eigenvalue weighted by Crippen LogP contribution is 2.55. The fraction of sp³-hybridized carbons (Fsp3) is 0.464. The van der Waals surface area contributed by atoms with Crippen molar-refractivity contribution < 1.29 is 4.79 Å². The highest BCUT2D eigenvalue weighted by Gasteiger charge is 2.51. The van der Waals surface area contributed by atoms with Crippen molar-refractivity contribution in [1.29, 1.82) is 0 Å². The molecule has 34 heavy (non-hydrogen) atoms. The van der Waals surface area contributed by atoms with Crippen molar-refractivity contribution in [1.82, 2.24) is 20.1 Å². The molecular formula is C28H32N4OS. The molecule has 4 saturated carbocycles. The van der Waals surface area contributed by atoms with E-state index in [-0.39, 0.29) is 11.4 Å². The lowest BCUT2D eigenvalue weighted by Crippen LogP contribution is -2.60. The predicted octanol–water partition coefficient (Wildman–Crippen LogP) is 5.39. The van der Waals surface area contributed by atoms with Gasteiger partial charge in [0.05, 0.1) is 5.75 Å². The Kier molecular flexibility index (Phi) is 5.72. The lowest BCUT2D eigenvalue weighted by Gasteiger charge is -2.56. The Bertz CT molecular complexity index is 1190. The maximum absolute atomic E-state index is 13.0. The van der Waals surface area contributed by atoms with Crippen LogP contribution in [0.1, 0.15) is 49.9 Å². The zero-order valence-corrected chi connectivity index (χ0v) is 20.4. The lowest BCUT2D eigenvalue weighted by molar-refractivity contribution is -0.124. The average Bonchev–Trinajstić information content (AvgIpc) is 3.18. The predicted molar refractivity (Wildman–Crippen MR) is 137 cm³/mol. The van der Waals surface area contributed by atoms with Crippen molar-refractivity contribution in [2.24, 2.45) is 17.8 Å². The van der Waals surface area contributed by atoms with E-state index in [2.05, 4.69) is 69.1 Å². The summed E-state index contributed by atoms with van der Waals surface area (Å²) in [6.07, 6.45) is 10.2. The summed E-state index contributed by atoms with van der Waals surface area (Å²) in [4.78, 5) is 13.0. The Morgan fingerprint density at radius 1 is 1.06 bits per heavy atom. The molecule has 4 fully saturated rings. The highest BCUT2D eigenvalue weighted by atomic mass is 32.2. The molecule has 4 aliphatic rings. The highest BCUT2D eigenvalue weighted by molar-refractivity contribution is 7.99. The summed E-state index contributed by atoms with van der Waals surface area (Å²) in [5.74, 6) is 3.89. The Labute approximate surface area is 205 Å². The van der Waals surface area contributed by atoms with Gasteiger partial charge in [0.25, 0.3) is 0 Å². The number of benzene rings is 2. The van der Waals surface area contributed by atoms with Gasteiger partial charge < -0.3 is 9.88 Å². The normalized spacial score (nSPS) is 27.2. The molecule has 5 nitrogen and oxygen atoms in total. The van der Waals surface area contributed by atoms with Gasteiger partial charge in [0, 0.05) is 18.5 Å². The Morgan fingerprint density at radius 2 is 1.76 bits per heavy atom. The molecule has 4 bridgehead atoms. The number of aromatic nitrogens is 3. The number of nitrogens with one attached hydrogen (secondary N) is 1. The number of hydrogen-bond acceptors (Lipinski definition) is 4. The fourth-order valence-electron chi connectivity index (χ4n) is 7.21. The molecule has 1 amide bonds. The van der Waals surface area contributed by atoms with E-state index in [0.29, 0.717) is 18.7 Å². The van der Waals surface area contributed by atoms with Crippen LogP contribution in [0.3, 0.4) is 0 Å². The van der Waals surface area contributed by atoms with E-state index < -0.39 is 0 Å². The molecule has 176 valence electrons. The first-order valence-electron chi connectivity index (χ1n) is 12.5. The van der Waals surface area contributed by atoms with E-state index in [1.807, 2.05) is 6.08 Å². The standard InChI is InChI=1S/C28H32N4OS/c1-2-10-32-25(14-23-8-5-7-22-6-3-4-9-24(22)23)30-31-27(32)34-18-26(33)29-28-15-19-11-20(16-28)13-21(12-19)17-28/h2-9,19-21H,1,10-18H2,(H,29,33). The molecule has 0 radical (unpaired) electrons. The minimum absolute atomic E-state index is 0.0563. The summed E-state index contributed by atoms with van der Waals surface area (Å²) in [6, 6.07) is 14.8. The van der Waals surface area contributed by atoms with Crippen LogP contribution in [-0.2, 0) is 17.8 Å². The summed E-state index contributed by atoms with van der Waals surface area (Å²) in [5, 5.41) is 15.7. The minimum atomic E-state index is 0.0563. The number of allylic oxidation sites excluding steroid dienone is 1. The number of hydrogen-bond donors (Lipinski definition) is 1. The molecule has 2 aromatic carbocycles. The van der Waals surface area contributed by atoms with E-state index in [0.717, 1.165) is 28.7 Å². The number of amides is 1. The first-order valence-corrected chi connectivity index (χ1v) is 13.5. The minimum Gasteiger partial charge on any atom is -0.350 e. The number of fused-ring (bicyclic) bond motifs is 1. The molecular weight excluding hydrogens is 440 g/mol. The molecule has 0 unspecified atom stereocenters. The third-order valence-corrected chi connectivity index (χ3v) is 9.08. The number of carbonyl (C=O) groups excluding carboxylic acids is 1. The summed E-state index contributed by atoms with van der Waals surface area (Å²) >= 11 is 1.49. The van der Waals surface area contributed by atoms with Crippen LogP contribution in [0.5, 0.6) is 0 Å². The Morgan fingerprint density at radius 3 is 2.50 bits per heavy atom. The van der Waals surface area contributed by atoms with Gasteiger partial charge in [-0.1, -0.05) is 60.3 Å². The summed E-state index contributed by atoms with van der Waals surface area (Å²) in [6.45, 7) is 4.56. The van der Waals surface area contributed by atoms with Crippen LogP contribution in [0.25, 0.3) is 10.8 Å². The quantitative estimate of drug-likeness (QED) is 0.353. The van der Waals surface area contributed by atoms with E-state index in [4.69, 9.17) is 0 Å². The third kappa shape index (κ3) is 4.17. The molecule has 0 aliphatic heterocycles. The van der Waals surface area contributed by atoms with Gasteiger partial charge in [0.2, 0.25) is 5.91 Å². The molecule has 4 aliphatic carbocycles. The molecule has 6 heteroatoms. The molecule has 0 spiro atoms. The van der Waals surface area contributed by atoms with Crippen molar-refractivity contribution in [2.45, 2.75) is 62.2 Å². The average molecular weight is 473 g/mol. The van der Waals surface area contributed by atoms with Crippen molar-refractivity contribution in [2.75, 3.05) is 5.75 Å². The molecule has 0 atom stereocenters. The van der Waals surface area contributed by atoms with Crippen LogP contribution in [0.2, 0.25) is 0 Å². The molecule has 3 aromatic rings. The Balaban J connectivity index is 1.15. The van der Waals surface area contributed by atoms with E-state index in [9.17, 15) is 4.79 Å². The van der Waals surface area contributed by atoms with Gasteiger partial charge in [0.15, 0.2) is 5.16 Å². The van der Waals surface area contributed by atoms with E-state index >= 15 is 0 Å².